The summed E-state index contributed by atoms with van der Waals surface area (Å²) in [5.74, 6) is 0.900. The van der Waals surface area contributed by atoms with E-state index in [4.69, 9.17) is 4.74 Å². The minimum Gasteiger partial charge on any atom is -0.497 e. The zero-order chi connectivity index (χ0) is 12.6. The summed E-state index contributed by atoms with van der Waals surface area (Å²) in [6, 6.07) is 10.1. The highest BCUT2D eigenvalue weighted by molar-refractivity contribution is 5.26. The summed E-state index contributed by atoms with van der Waals surface area (Å²) in [6.45, 7) is 2.84. The van der Waals surface area contributed by atoms with Crippen LogP contribution < -0.4 is 10.1 Å². The van der Waals surface area contributed by atoms with Gasteiger partial charge in [-0.25, -0.2) is 0 Å². The van der Waals surface area contributed by atoms with Gasteiger partial charge in [-0.2, -0.15) is 5.10 Å². The molecule has 0 unspecified atom stereocenters. The smallest absolute Gasteiger partial charge is 0.118 e. The SMILES string of the molecule is COc1ccc(CNCCCn2cccn2)cc1. The highest BCUT2D eigenvalue weighted by atomic mass is 16.5. The first-order valence-corrected chi connectivity index (χ1v) is 6.19. The van der Waals surface area contributed by atoms with Crippen molar-refractivity contribution in [2.75, 3.05) is 13.7 Å². The Kier molecular flexibility index (Phi) is 4.78. The fourth-order valence-electron chi connectivity index (χ4n) is 1.77. The molecular weight excluding hydrogens is 226 g/mol. The van der Waals surface area contributed by atoms with Crippen molar-refractivity contribution < 1.29 is 4.74 Å². The molecule has 0 bridgehead atoms. The van der Waals surface area contributed by atoms with Gasteiger partial charge in [0.15, 0.2) is 0 Å². The second-order valence-electron chi connectivity index (χ2n) is 4.15. The summed E-state index contributed by atoms with van der Waals surface area (Å²) in [5.41, 5.74) is 1.27. The lowest BCUT2D eigenvalue weighted by Gasteiger charge is -2.06. The number of benzene rings is 1. The van der Waals surface area contributed by atoms with Crippen molar-refractivity contribution in [1.29, 1.82) is 0 Å². The standard InChI is InChI=1S/C14H19N3O/c1-18-14-6-4-13(5-7-14)12-15-8-2-10-17-11-3-9-16-17/h3-7,9,11,15H,2,8,10,12H2,1H3. The fraction of sp³-hybridized carbons (Fsp3) is 0.357. The van der Waals surface area contributed by atoms with E-state index in [-0.39, 0.29) is 0 Å². The van der Waals surface area contributed by atoms with Gasteiger partial charge < -0.3 is 10.1 Å². The van der Waals surface area contributed by atoms with Crippen molar-refractivity contribution in [3.05, 3.63) is 48.3 Å². The highest BCUT2D eigenvalue weighted by Crippen LogP contribution is 2.10. The van der Waals surface area contributed by atoms with Crippen molar-refractivity contribution in [2.24, 2.45) is 0 Å². The van der Waals surface area contributed by atoms with Crippen LogP contribution in [0.4, 0.5) is 0 Å². The van der Waals surface area contributed by atoms with Crippen molar-refractivity contribution >= 4 is 0 Å². The van der Waals surface area contributed by atoms with Gasteiger partial charge in [0.1, 0.15) is 5.75 Å². The molecule has 2 rings (SSSR count). The third-order valence-electron chi connectivity index (χ3n) is 2.79. The maximum Gasteiger partial charge on any atom is 0.118 e. The molecule has 0 fully saturated rings. The molecule has 0 aliphatic heterocycles. The largest absolute Gasteiger partial charge is 0.497 e. The molecule has 0 radical (unpaired) electrons. The maximum atomic E-state index is 5.12. The van der Waals surface area contributed by atoms with Gasteiger partial charge in [-0.05, 0) is 36.7 Å². The van der Waals surface area contributed by atoms with Crippen LogP contribution in [0.15, 0.2) is 42.7 Å². The Labute approximate surface area is 108 Å². The van der Waals surface area contributed by atoms with Crippen LogP contribution in [0.3, 0.4) is 0 Å². The van der Waals surface area contributed by atoms with E-state index in [1.54, 1.807) is 7.11 Å². The van der Waals surface area contributed by atoms with Gasteiger partial charge in [0.25, 0.3) is 0 Å². The minimum atomic E-state index is 0.892. The molecule has 1 N–H and O–H groups in total. The van der Waals surface area contributed by atoms with Crippen LogP contribution in [0.5, 0.6) is 5.75 Å². The number of hydrogen-bond donors (Lipinski definition) is 1. The van der Waals surface area contributed by atoms with E-state index in [9.17, 15) is 0 Å². The minimum absolute atomic E-state index is 0.892. The zero-order valence-electron chi connectivity index (χ0n) is 10.7. The molecule has 1 aromatic heterocycles. The first-order valence-electron chi connectivity index (χ1n) is 6.19. The van der Waals surface area contributed by atoms with E-state index in [0.29, 0.717) is 0 Å². The summed E-state index contributed by atoms with van der Waals surface area (Å²) in [5, 5.41) is 7.59. The molecule has 0 aliphatic rings. The number of aromatic nitrogens is 2. The Morgan fingerprint density at radius 2 is 2.11 bits per heavy atom. The first-order chi connectivity index (χ1) is 8.88. The van der Waals surface area contributed by atoms with Crippen molar-refractivity contribution in [3.63, 3.8) is 0 Å². The number of aryl methyl sites for hydroxylation is 1. The second kappa shape index (κ2) is 6.81. The van der Waals surface area contributed by atoms with Gasteiger partial charge >= 0.3 is 0 Å². The molecular formula is C14H19N3O. The molecule has 18 heavy (non-hydrogen) atoms. The molecule has 4 heteroatoms. The molecule has 0 saturated heterocycles. The number of methoxy groups -OCH3 is 1. The summed E-state index contributed by atoms with van der Waals surface area (Å²) in [7, 11) is 1.68. The van der Waals surface area contributed by atoms with Gasteiger partial charge in [-0.3, -0.25) is 4.68 Å². The van der Waals surface area contributed by atoms with E-state index < -0.39 is 0 Å². The van der Waals surface area contributed by atoms with Crippen LogP contribution in [-0.2, 0) is 13.1 Å². The average molecular weight is 245 g/mol. The van der Waals surface area contributed by atoms with Gasteiger partial charge in [0.2, 0.25) is 0 Å². The first kappa shape index (κ1) is 12.6. The van der Waals surface area contributed by atoms with Gasteiger partial charge in [0.05, 0.1) is 7.11 Å². The summed E-state index contributed by atoms with van der Waals surface area (Å²) >= 11 is 0. The maximum absolute atomic E-state index is 5.12. The topological polar surface area (TPSA) is 39.1 Å². The number of nitrogens with one attached hydrogen (secondary N) is 1. The molecule has 1 heterocycles. The van der Waals surface area contributed by atoms with Gasteiger partial charge in [0, 0.05) is 25.5 Å². The second-order valence-corrected chi connectivity index (χ2v) is 4.15. The Balaban J connectivity index is 1.62. The van der Waals surface area contributed by atoms with E-state index in [0.717, 1.165) is 31.8 Å². The van der Waals surface area contributed by atoms with E-state index in [1.165, 1.54) is 5.56 Å². The van der Waals surface area contributed by atoms with Crippen LogP contribution in [0.1, 0.15) is 12.0 Å². The van der Waals surface area contributed by atoms with Crippen molar-refractivity contribution in [1.82, 2.24) is 15.1 Å². The van der Waals surface area contributed by atoms with E-state index >= 15 is 0 Å². The summed E-state index contributed by atoms with van der Waals surface area (Å²) in [6.07, 6.45) is 4.88. The summed E-state index contributed by atoms with van der Waals surface area (Å²) < 4.78 is 7.08. The van der Waals surface area contributed by atoms with E-state index in [1.807, 2.05) is 35.3 Å². The monoisotopic (exact) mass is 245 g/mol. The molecule has 96 valence electrons. The quantitative estimate of drug-likeness (QED) is 0.759. The normalized spacial score (nSPS) is 10.5. The number of nitrogens with zero attached hydrogens (tertiary/aromatic N) is 2. The lowest BCUT2D eigenvalue weighted by molar-refractivity contribution is 0.414. The Bertz CT molecular complexity index is 437. The van der Waals surface area contributed by atoms with Crippen molar-refractivity contribution in [2.45, 2.75) is 19.5 Å². The molecule has 4 nitrogen and oxygen atoms in total. The Morgan fingerprint density at radius 1 is 1.28 bits per heavy atom. The van der Waals surface area contributed by atoms with Crippen LogP contribution in [0.25, 0.3) is 0 Å². The molecule has 0 atom stereocenters. The third-order valence-corrected chi connectivity index (χ3v) is 2.79. The molecule has 0 amide bonds. The third kappa shape index (κ3) is 3.89. The fourth-order valence-corrected chi connectivity index (χ4v) is 1.77. The summed E-state index contributed by atoms with van der Waals surface area (Å²) in [4.78, 5) is 0. The van der Waals surface area contributed by atoms with Crippen LogP contribution >= 0.6 is 0 Å². The van der Waals surface area contributed by atoms with Gasteiger partial charge in [-0.1, -0.05) is 12.1 Å². The predicted molar refractivity (Wildman–Crippen MR) is 71.5 cm³/mol. The van der Waals surface area contributed by atoms with E-state index in [2.05, 4.69) is 22.5 Å². The Hall–Kier alpha value is -1.81. The molecule has 0 saturated carbocycles. The van der Waals surface area contributed by atoms with Crippen LogP contribution in [-0.4, -0.2) is 23.4 Å². The number of rotatable bonds is 7. The lowest BCUT2D eigenvalue weighted by atomic mass is 10.2. The zero-order valence-corrected chi connectivity index (χ0v) is 10.7. The molecule has 1 aromatic carbocycles. The van der Waals surface area contributed by atoms with Gasteiger partial charge in [-0.15, -0.1) is 0 Å². The Morgan fingerprint density at radius 3 is 2.78 bits per heavy atom. The number of ether oxygens (including phenoxy) is 1. The van der Waals surface area contributed by atoms with Crippen molar-refractivity contribution in [3.8, 4) is 5.75 Å². The molecule has 0 aliphatic carbocycles. The molecule has 0 spiro atoms. The van der Waals surface area contributed by atoms with Crippen LogP contribution in [0.2, 0.25) is 0 Å². The average Bonchev–Trinajstić information content (AvgIpc) is 2.92. The van der Waals surface area contributed by atoms with Crippen LogP contribution in [0, 0.1) is 0 Å². The highest BCUT2D eigenvalue weighted by Gasteiger charge is 1.95. The molecule has 2 aromatic rings. The lowest BCUT2D eigenvalue weighted by Crippen LogP contribution is -2.16. The predicted octanol–water partition coefficient (Wildman–Crippen LogP) is 2.07. The number of hydrogen-bond acceptors (Lipinski definition) is 3.